The van der Waals surface area contributed by atoms with Crippen LogP contribution in [0.3, 0.4) is 0 Å². The monoisotopic (exact) mass is 291 g/mol. The van der Waals surface area contributed by atoms with Gasteiger partial charge in [0.2, 0.25) is 5.28 Å². The van der Waals surface area contributed by atoms with E-state index < -0.39 is 0 Å². The van der Waals surface area contributed by atoms with Crippen molar-refractivity contribution < 1.29 is 4.74 Å². The quantitative estimate of drug-likeness (QED) is 0.669. The van der Waals surface area contributed by atoms with Crippen LogP contribution in [0.15, 0.2) is 12.3 Å². The largest absolute Gasteiger partial charge is 0.375 e. The van der Waals surface area contributed by atoms with Crippen molar-refractivity contribution >= 4 is 24.0 Å². The maximum absolute atomic E-state index is 5.69. The zero-order chi connectivity index (χ0) is 11.9. The molecule has 0 bridgehead atoms. The molecular formula is C12H19Cl2N3O. The highest BCUT2D eigenvalue weighted by molar-refractivity contribution is 6.28. The van der Waals surface area contributed by atoms with Crippen molar-refractivity contribution in [3.05, 3.63) is 23.2 Å². The van der Waals surface area contributed by atoms with Crippen LogP contribution in [0, 0.1) is 5.92 Å². The molecule has 0 radical (unpaired) electrons. The molecular weight excluding hydrogens is 273 g/mol. The van der Waals surface area contributed by atoms with E-state index in [1.807, 2.05) is 6.07 Å². The van der Waals surface area contributed by atoms with Gasteiger partial charge in [-0.3, -0.25) is 0 Å². The molecule has 1 aliphatic rings. The van der Waals surface area contributed by atoms with Gasteiger partial charge in [0, 0.05) is 12.8 Å². The average Bonchev–Trinajstić information content (AvgIpc) is 2.36. The fourth-order valence-electron chi connectivity index (χ4n) is 2.05. The highest BCUT2D eigenvalue weighted by atomic mass is 35.5. The number of rotatable bonds is 5. The van der Waals surface area contributed by atoms with Crippen molar-refractivity contribution in [2.24, 2.45) is 5.92 Å². The summed E-state index contributed by atoms with van der Waals surface area (Å²) in [5.41, 5.74) is 0.840. The summed E-state index contributed by atoms with van der Waals surface area (Å²) < 4.78 is 5.60. The van der Waals surface area contributed by atoms with E-state index in [0.29, 0.717) is 6.61 Å². The van der Waals surface area contributed by atoms with Crippen molar-refractivity contribution in [2.45, 2.75) is 25.9 Å². The third-order valence-corrected chi connectivity index (χ3v) is 3.19. The topological polar surface area (TPSA) is 47.0 Å². The predicted octanol–water partition coefficient (Wildman–Crippen LogP) is 2.46. The Morgan fingerprint density at radius 2 is 2.39 bits per heavy atom. The maximum Gasteiger partial charge on any atom is 0.222 e. The molecule has 6 heteroatoms. The summed E-state index contributed by atoms with van der Waals surface area (Å²) >= 11 is 5.69. The molecule has 0 spiro atoms. The molecule has 1 aromatic heterocycles. The van der Waals surface area contributed by atoms with Crippen LogP contribution in [0.5, 0.6) is 0 Å². The van der Waals surface area contributed by atoms with Gasteiger partial charge in [0.25, 0.3) is 0 Å². The van der Waals surface area contributed by atoms with Gasteiger partial charge < -0.3 is 10.1 Å². The summed E-state index contributed by atoms with van der Waals surface area (Å²) in [5, 5.41) is 3.69. The standard InChI is InChI=1S/C12H18ClN3O.ClH/c13-12-15-6-3-11(16-12)9-17-7-4-10-2-1-5-14-8-10;/h3,6,10,14H,1-2,4-5,7-9H2;1H. The average molecular weight is 292 g/mol. The van der Waals surface area contributed by atoms with E-state index in [-0.39, 0.29) is 17.7 Å². The first-order valence-electron chi connectivity index (χ1n) is 6.10. The minimum atomic E-state index is 0. The molecule has 0 aromatic carbocycles. The molecule has 102 valence electrons. The van der Waals surface area contributed by atoms with Gasteiger partial charge in [-0.1, -0.05) is 0 Å². The highest BCUT2D eigenvalue weighted by Crippen LogP contribution is 2.14. The first-order chi connectivity index (χ1) is 8.34. The summed E-state index contributed by atoms with van der Waals surface area (Å²) in [5.74, 6) is 0.762. The van der Waals surface area contributed by atoms with Crippen LogP contribution in [0.1, 0.15) is 25.0 Å². The summed E-state index contributed by atoms with van der Waals surface area (Å²) in [6.45, 7) is 3.59. The Labute approximate surface area is 119 Å². The Morgan fingerprint density at radius 1 is 1.50 bits per heavy atom. The van der Waals surface area contributed by atoms with Crippen LogP contribution in [-0.4, -0.2) is 29.7 Å². The maximum atomic E-state index is 5.69. The van der Waals surface area contributed by atoms with Crippen molar-refractivity contribution in [3.63, 3.8) is 0 Å². The molecule has 1 fully saturated rings. The highest BCUT2D eigenvalue weighted by Gasteiger charge is 2.12. The second-order valence-electron chi connectivity index (χ2n) is 4.37. The Hall–Kier alpha value is -0.420. The third kappa shape index (κ3) is 5.48. The summed E-state index contributed by atoms with van der Waals surface area (Å²) in [6.07, 6.45) is 5.37. The number of nitrogens with one attached hydrogen (secondary N) is 1. The van der Waals surface area contributed by atoms with Gasteiger partial charge in [0.15, 0.2) is 0 Å². The van der Waals surface area contributed by atoms with Gasteiger partial charge in [-0.15, -0.1) is 12.4 Å². The van der Waals surface area contributed by atoms with Gasteiger partial charge in [0.05, 0.1) is 12.3 Å². The third-order valence-electron chi connectivity index (χ3n) is 3.00. The molecule has 1 atom stereocenters. The number of aromatic nitrogens is 2. The van der Waals surface area contributed by atoms with E-state index in [2.05, 4.69) is 15.3 Å². The molecule has 1 aromatic rings. The lowest BCUT2D eigenvalue weighted by Gasteiger charge is -2.22. The Kier molecular flexibility index (Phi) is 7.51. The minimum Gasteiger partial charge on any atom is -0.375 e. The van der Waals surface area contributed by atoms with E-state index in [0.717, 1.165) is 37.7 Å². The molecule has 1 saturated heterocycles. The van der Waals surface area contributed by atoms with E-state index in [1.54, 1.807) is 6.20 Å². The van der Waals surface area contributed by atoms with Crippen molar-refractivity contribution in [2.75, 3.05) is 19.7 Å². The molecule has 0 aliphatic carbocycles. The van der Waals surface area contributed by atoms with Gasteiger partial charge in [-0.05, 0) is 55.9 Å². The second kappa shape index (κ2) is 8.64. The molecule has 0 amide bonds. The molecule has 1 unspecified atom stereocenters. The lowest BCUT2D eigenvalue weighted by Crippen LogP contribution is -2.30. The molecule has 2 heterocycles. The van der Waals surface area contributed by atoms with Crippen LogP contribution in [0.2, 0.25) is 5.28 Å². The smallest absolute Gasteiger partial charge is 0.222 e. The lowest BCUT2D eigenvalue weighted by atomic mass is 9.97. The molecule has 1 aliphatic heterocycles. The van der Waals surface area contributed by atoms with Crippen molar-refractivity contribution in [3.8, 4) is 0 Å². The number of piperidine rings is 1. The number of hydrogen-bond donors (Lipinski definition) is 1. The van der Waals surface area contributed by atoms with E-state index >= 15 is 0 Å². The Bertz CT molecular complexity index is 346. The fraction of sp³-hybridized carbons (Fsp3) is 0.667. The van der Waals surface area contributed by atoms with Gasteiger partial charge in [0.1, 0.15) is 0 Å². The molecule has 1 N–H and O–H groups in total. The van der Waals surface area contributed by atoms with Crippen LogP contribution in [0.25, 0.3) is 0 Å². The molecule has 0 saturated carbocycles. The van der Waals surface area contributed by atoms with E-state index in [1.165, 1.54) is 12.8 Å². The SMILES string of the molecule is Cl.Clc1nccc(COCCC2CCCNC2)n1. The van der Waals surface area contributed by atoms with Crippen molar-refractivity contribution in [1.29, 1.82) is 0 Å². The number of hydrogen-bond acceptors (Lipinski definition) is 4. The second-order valence-corrected chi connectivity index (χ2v) is 4.71. The number of halogens is 2. The number of ether oxygens (including phenoxy) is 1. The van der Waals surface area contributed by atoms with Gasteiger partial charge in [-0.25, -0.2) is 9.97 Å². The first-order valence-corrected chi connectivity index (χ1v) is 6.48. The van der Waals surface area contributed by atoms with Crippen LogP contribution >= 0.6 is 24.0 Å². The van der Waals surface area contributed by atoms with Crippen LogP contribution < -0.4 is 5.32 Å². The van der Waals surface area contributed by atoms with Crippen molar-refractivity contribution in [1.82, 2.24) is 15.3 Å². The predicted molar refractivity (Wildman–Crippen MR) is 74.2 cm³/mol. The van der Waals surface area contributed by atoms with Gasteiger partial charge in [-0.2, -0.15) is 0 Å². The lowest BCUT2D eigenvalue weighted by molar-refractivity contribution is 0.101. The zero-order valence-corrected chi connectivity index (χ0v) is 11.8. The Balaban J connectivity index is 0.00000162. The summed E-state index contributed by atoms with van der Waals surface area (Å²) in [4.78, 5) is 7.91. The normalized spacial score (nSPS) is 19.3. The van der Waals surface area contributed by atoms with Crippen LogP contribution in [0.4, 0.5) is 0 Å². The minimum absolute atomic E-state index is 0. The van der Waals surface area contributed by atoms with E-state index in [9.17, 15) is 0 Å². The number of nitrogens with zero attached hydrogens (tertiary/aromatic N) is 2. The molecule has 4 nitrogen and oxygen atoms in total. The summed E-state index contributed by atoms with van der Waals surface area (Å²) in [7, 11) is 0. The van der Waals surface area contributed by atoms with Gasteiger partial charge >= 0.3 is 0 Å². The fourth-order valence-corrected chi connectivity index (χ4v) is 2.21. The summed E-state index contributed by atoms with van der Waals surface area (Å²) in [6, 6.07) is 1.83. The molecule has 2 rings (SSSR count). The zero-order valence-electron chi connectivity index (χ0n) is 10.3. The first kappa shape index (κ1) is 15.6. The van der Waals surface area contributed by atoms with Crippen LogP contribution in [-0.2, 0) is 11.3 Å². The Morgan fingerprint density at radius 3 is 3.11 bits per heavy atom. The molecule has 18 heavy (non-hydrogen) atoms. The van der Waals surface area contributed by atoms with E-state index in [4.69, 9.17) is 16.3 Å².